The minimum atomic E-state index is -2.91. The number of para-hydroxylation sites is 2. The maximum absolute atomic E-state index is 13.2. The summed E-state index contributed by atoms with van der Waals surface area (Å²) in [5.74, 6) is 0.0582. The van der Waals surface area contributed by atoms with Crippen molar-refractivity contribution in [2.45, 2.75) is 51.0 Å². The number of halogens is 2. The molecule has 0 aromatic heterocycles. The number of hydrogen-bond donors (Lipinski definition) is 1. The summed E-state index contributed by atoms with van der Waals surface area (Å²) in [4.78, 5) is 32.1. The Balaban J connectivity index is 1.77. The molecule has 2 aromatic carbocycles. The lowest BCUT2D eigenvalue weighted by atomic mass is 10.1. The second-order valence-electron chi connectivity index (χ2n) is 7.67. The van der Waals surface area contributed by atoms with Crippen molar-refractivity contribution in [3.8, 4) is 11.5 Å². The van der Waals surface area contributed by atoms with Gasteiger partial charge in [0.2, 0.25) is 11.8 Å². The fourth-order valence-electron chi connectivity index (χ4n) is 3.58. The minimum Gasteiger partial charge on any atom is -0.495 e. The first-order chi connectivity index (χ1) is 16.3. The van der Waals surface area contributed by atoms with Gasteiger partial charge < -0.3 is 14.8 Å². The molecular weight excluding hydrogens is 464 g/mol. The zero-order valence-electron chi connectivity index (χ0n) is 19.2. The zero-order valence-corrected chi connectivity index (χ0v) is 20.0. The first-order valence-corrected chi connectivity index (χ1v) is 11.8. The molecule has 0 unspecified atom stereocenters. The van der Waals surface area contributed by atoms with E-state index in [1.165, 1.54) is 31.0 Å². The molecule has 1 heterocycles. The van der Waals surface area contributed by atoms with Crippen LogP contribution in [0.3, 0.4) is 0 Å². The number of rotatable bonds is 10. The Morgan fingerprint density at radius 3 is 2.56 bits per heavy atom. The Hall–Kier alpha value is -3.14. The van der Waals surface area contributed by atoms with Crippen molar-refractivity contribution in [2.75, 3.05) is 12.4 Å². The molecule has 182 valence electrons. The van der Waals surface area contributed by atoms with Crippen LogP contribution >= 0.6 is 11.8 Å². The SMILES string of the molecule is CCC[C@@H](C)N1C(=O)[C@H](CC(=O)Nc2ccccc2OC)SC1=Nc1ccc(OC(F)F)cc1. The summed E-state index contributed by atoms with van der Waals surface area (Å²) in [6.07, 6.45) is 1.62. The topological polar surface area (TPSA) is 80.2 Å². The second kappa shape index (κ2) is 11.8. The summed E-state index contributed by atoms with van der Waals surface area (Å²) in [6, 6.07) is 12.8. The number of methoxy groups -OCH3 is 1. The number of aliphatic imine (C=N–C) groups is 1. The van der Waals surface area contributed by atoms with Gasteiger partial charge in [0.15, 0.2) is 5.17 Å². The van der Waals surface area contributed by atoms with Gasteiger partial charge in [0.25, 0.3) is 0 Å². The number of alkyl halides is 2. The van der Waals surface area contributed by atoms with Crippen LogP contribution in [0, 0.1) is 0 Å². The third-order valence-electron chi connectivity index (χ3n) is 5.15. The molecular formula is C24H27F2N3O4S. The first kappa shape index (κ1) is 25.5. The van der Waals surface area contributed by atoms with Crippen LogP contribution in [0.4, 0.5) is 20.2 Å². The largest absolute Gasteiger partial charge is 0.495 e. The Morgan fingerprint density at radius 2 is 1.91 bits per heavy atom. The van der Waals surface area contributed by atoms with Gasteiger partial charge >= 0.3 is 6.61 Å². The second-order valence-corrected chi connectivity index (χ2v) is 8.84. The molecule has 1 fully saturated rings. The van der Waals surface area contributed by atoms with E-state index in [1.54, 1.807) is 41.3 Å². The van der Waals surface area contributed by atoms with Crippen LogP contribution < -0.4 is 14.8 Å². The van der Waals surface area contributed by atoms with Gasteiger partial charge in [0.05, 0.1) is 18.5 Å². The van der Waals surface area contributed by atoms with E-state index in [0.29, 0.717) is 22.3 Å². The number of carbonyl (C=O) groups is 2. The summed E-state index contributed by atoms with van der Waals surface area (Å²) in [6.45, 7) is 1.06. The number of ether oxygens (including phenoxy) is 2. The van der Waals surface area contributed by atoms with Crippen LogP contribution in [0.5, 0.6) is 11.5 Å². The van der Waals surface area contributed by atoms with E-state index >= 15 is 0 Å². The maximum Gasteiger partial charge on any atom is 0.387 e. The lowest BCUT2D eigenvalue weighted by Crippen LogP contribution is -2.40. The number of hydrogen-bond acceptors (Lipinski definition) is 6. The Labute approximate surface area is 201 Å². The number of carbonyl (C=O) groups excluding carboxylic acids is 2. The fraction of sp³-hybridized carbons (Fsp3) is 0.375. The summed E-state index contributed by atoms with van der Waals surface area (Å²) >= 11 is 1.22. The molecule has 0 spiro atoms. The van der Waals surface area contributed by atoms with Gasteiger partial charge in [0, 0.05) is 12.5 Å². The molecule has 1 saturated heterocycles. The molecule has 3 rings (SSSR count). The third-order valence-corrected chi connectivity index (χ3v) is 6.30. The van der Waals surface area contributed by atoms with Crippen molar-refractivity contribution in [1.29, 1.82) is 0 Å². The number of amidine groups is 1. The summed E-state index contributed by atoms with van der Waals surface area (Å²) in [5.41, 5.74) is 1.02. The molecule has 2 atom stereocenters. The highest BCUT2D eigenvalue weighted by atomic mass is 32.2. The number of anilines is 1. The van der Waals surface area contributed by atoms with Crippen molar-refractivity contribution in [3.63, 3.8) is 0 Å². The molecule has 0 aliphatic carbocycles. The van der Waals surface area contributed by atoms with Crippen molar-refractivity contribution in [2.24, 2.45) is 4.99 Å². The monoisotopic (exact) mass is 491 g/mol. The highest BCUT2D eigenvalue weighted by molar-refractivity contribution is 8.15. The molecule has 1 aliphatic rings. The molecule has 0 saturated carbocycles. The van der Waals surface area contributed by atoms with Crippen LogP contribution in [0.15, 0.2) is 53.5 Å². The Kier molecular flexibility index (Phi) is 8.86. The van der Waals surface area contributed by atoms with Crippen LogP contribution in [-0.2, 0) is 9.59 Å². The first-order valence-electron chi connectivity index (χ1n) is 10.9. The van der Waals surface area contributed by atoms with Crippen LogP contribution in [0.25, 0.3) is 0 Å². The standard InChI is InChI=1S/C24H27F2N3O4S/c1-4-7-15(2)29-22(31)20(14-21(30)28-18-8-5-6-9-19(18)32-3)34-24(29)27-16-10-12-17(13-11-16)33-23(25)26/h5-6,8-13,15,20,23H,4,7,14H2,1-3H3,(H,28,30)/t15-,20+/m1/s1. The van der Waals surface area contributed by atoms with E-state index < -0.39 is 11.9 Å². The highest BCUT2D eigenvalue weighted by Gasteiger charge is 2.41. The van der Waals surface area contributed by atoms with Crippen LogP contribution in [0.1, 0.15) is 33.1 Å². The molecule has 34 heavy (non-hydrogen) atoms. The van der Waals surface area contributed by atoms with Crippen molar-refractivity contribution in [1.82, 2.24) is 4.90 Å². The van der Waals surface area contributed by atoms with Gasteiger partial charge in [-0.15, -0.1) is 0 Å². The zero-order chi connectivity index (χ0) is 24.7. The van der Waals surface area contributed by atoms with E-state index in [4.69, 9.17) is 4.74 Å². The normalized spacial score (nSPS) is 17.8. The fourth-order valence-corrected chi connectivity index (χ4v) is 4.82. The predicted molar refractivity (Wildman–Crippen MR) is 129 cm³/mol. The lowest BCUT2D eigenvalue weighted by Gasteiger charge is -2.24. The lowest BCUT2D eigenvalue weighted by molar-refractivity contribution is -0.129. The number of nitrogens with one attached hydrogen (secondary N) is 1. The summed E-state index contributed by atoms with van der Waals surface area (Å²) < 4.78 is 34.4. The molecule has 7 nitrogen and oxygen atoms in total. The maximum atomic E-state index is 13.2. The molecule has 0 radical (unpaired) electrons. The number of benzene rings is 2. The van der Waals surface area contributed by atoms with E-state index in [9.17, 15) is 18.4 Å². The van der Waals surface area contributed by atoms with Crippen molar-refractivity contribution >= 4 is 40.1 Å². The van der Waals surface area contributed by atoms with E-state index in [-0.39, 0.29) is 30.0 Å². The predicted octanol–water partition coefficient (Wildman–Crippen LogP) is 5.45. The molecule has 1 aliphatic heterocycles. The van der Waals surface area contributed by atoms with E-state index in [0.717, 1.165) is 12.8 Å². The minimum absolute atomic E-state index is 0.0243. The van der Waals surface area contributed by atoms with Gasteiger partial charge in [0.1, 0.15) is 16.7 Å². The Bertz CT molecular complexity index is 1030. The van der Waals surface area contributed by atoms with E-state index in [2.05, 4.69) is 15.0 Å². The molecule has 10 heteroatoms. The van der Waals surface area contributed by atoms with Gasteiger partial charge in [-0.2, -0.15) is 8.78 Å². The smallest absolute Gasteiger partial charge is 0.387 e. The average Bonchev–Trinajstić information content (AvgIpc) is 3.09. The highest BCUT2D eigenvalue weighted by Crippen LogP contribution is 2.35. The van der Waals surface area contributed by atoms with Gasteiger partial charge in [-0.3, -0.25) is 14.5 Å². The van der Waals surface area contributed by atoms with Gasteiger partial charge in [-0.25, -0.2) is 4.99 Å². The van der Waals surface area contributed by atoms with Crippen molar-refractivity contribution in [3.05, 3.63) is 48.5 Å². The number of amides is 2. The summed E-state index contributed by atoms with van der Waals surface area (Å²) in [5, 5.41) is 2.65. The third kappa shape index (κ3) is 6.47. The number of nitrogens with zero attached hydrogens (tertiary/aromatic N) is 2. The molecule has 1 N–H and O–H groups in total. The Morgan fingerprint density at radius 1 is 1.21 bits per heavy atom. The van der Waals surface area contributed by atoms with Crippen LogP contribution in [-0.4, -0.2) is 46.9 Å². The van der Waals surface area contributed by atoms with Gasteiger partial charge in [-0.1, -0.05) is 37.2 Å². The quantitative estimate of drug-likeness (QED) is 0.478. The van der Waals surface area contributed by atoms with Crippen LogP contribution in [0.2, 0.25) is 0 Å². The number of thioether (sulfide) groups is 1. The average molecular weight is 492 g/mol. The van der Waals surface area contributed by atoms with E-state index in [1.807, 2.05) is 13.8 Å². The molecule has 2 aromatic rings. The van der Waals surface area contributed by atoms with Crippen molar-refractivity contribution < 1.29 is 27.8 Å². The summed E-state index contributed by atoms with van der Waals surface area (Å²) in [7, 11) is 1.52. The molecule has 2 amide bonds. The van der Waals surface area contributed by atoms with Gasteiger partial charge in [-0.05, 0) is 49.7 Å². The molecule has 0 bridgehead atoms.